The van der Waals surface area contributed by atoms with Crippen LogP contribution in [-0.2, 0) is 20.9 Å². The Morgan fingerprint density at radius 3 is 2.73 bits per heavy atom. The van der Waals surface area contributed by atoms with Gasteiger partial charge < -0.3 is 19.8 Å². The number of rotatable bonds is 6. The summed E-state index contributed by atoms with van der Waals surface area (Å²) in [6, 6.07) is 5.11. The Balaban J connectivity index is 2.57. The second-order valence-corrected chi connectivity index (χ2v) is 5.46. The molecule has 0 saturated heterocycles. The maximum absolute atomic E-state index is 12.4. The number of nitrogens with two attached hydrogens (primary N) is 1. The first-order chi connectivity index (χ1) is 10.5. The molecule has 2 aromatic rings. The molecule has 120 valence electrons. The minimum atomic E-state index is -0.445. The van der Waals surface area contributed by atoms with Crippen molar-refractivity contribution in [3.05, 3.63) is 24.0 Å². The number of para-hydroxylation sites is 1. The van der Waals surface area contributed by atoms with Crippen LogP contribution in [0.25, 0.3) is 11.0 Å². The van der Waals surface area contributed by atoms with Gasteiger partial charge in [-0.1, -0.05) is 13.0 Å². The van der Waals surface area contributed by atoms with E-state index in [4.69, 9.17) is 15.2 Å². The predicted molar refractivity (Wildman–Crippen MR) is 85.4 cm³/mol. The van der Waals surface area contributed by atoms with E-state index >= 15 is 0 Å². The van der Waals surface area contributed by atoms with E-state index in [1.165, 1.54) is 0 Å². The first kappa shape index (κ1) is 16.3. The van der Waals surface area contributed by atoms with Crippen LogP contribution in [0.5, 0.6) is 0 Å². The smallest absolute Gasteiger partial charge is 0.329 e. The fourth-order valence-corrected chi connectivity index (χ4v) is 2.53. The zero-order valence-electron chi connectivity index (χ0n) is 13.5. The van der Waals surface area contributed by atoms with Crippen molar-refractivity contribution in [1.29, 1.82) is 0 Å². The van der Waals surface area contributed by atoms with Gasteiger partial charge in [-0.05, 0) is 32.4 Å². The van der Waals surface area contributed by atoms with Gasteiger partial charge in [-0.25, -0.2) is 9.78 Å². The molecular formula is C16H23N3O3. The third-order valence-corrected chi connectivity index (χ3v) is 3.42. The molecule has 0 aliphatic carbocycles. The monoisotopic (exact) mass is 305 g/mol. The van der Waals surface area contributed by atoms with Gasteiger partial charge in [-0.3, -0.25) is 0 Å². The number of carbonyl (C=O) groups is 1. The Hall–Kier alpha value is -2.08. The number of esters is 1. The highest BCUT2D eigenvalue weighted by molar-refractivity contribution is 5.89. The number of aromatic nitrogens is 2. The largest absolute Gasteiger partial charge is 0.461 e. The highest BCUT2D eigenvalue weighted by Crippen LogP contribution is 2.28. The van der Waals surface area contributed by atoms with Crippen LogP contribution < -0.4 is 5.73 Å². The summed E-state index contributed by atoms with van der Waals surface area (Å²) in [5, 5.41) is 0. The Bertz CT molecular complexity index is 664. The molecule has 2 rings (SSSR count). The van der Waals surface area contributed by atoms with Crippen molar-refractivity contribution in [3.63, 3.8) is 0 Å². The number of carbonyl (C=O) groups excluding carboxylic acids is 1. The molecule has 0 aliphatic rings. The predicted octanol–water partition coefficient (Wildman–Crippen LogP) is 2.67. The van der Waals surface area contributed by atoms with E-state index in [-0.39, 0.29) is 12.1 Å². The summed E-state index contributed by atoms with van der Waals surface area (Å²) in [7, 11) is 1.60. The van der Waals surface area contributed by atoms with Gasteiger partial charge in [0, 0.05) is 7.11 Å². The summed E-state index contributed by atoms with van der Waals surface area (Å²) < 4.78 is 12.5. The number of hydrogen-bond donors (Lipinski definition) is 1. The maximum Gasteiger partial charge on any atom is 0.329 e. The molecule has 0 saturated carbocycles. The summed E-state index contributed by atoms with van der Waals surface area (Å²) in [5.41, 5.74) is 8.09. The minimum absolute atomic E-state index is 0.160. The van der Waals surface area contributed by atoms with Crippen LogP contribution in [0.2, 0.25) is 0 Å². The summed E-state index contributed by atoms with van der Waals surface area (Å²) >= 11 is 0. The minimum Gasteiger partial charge on any atom is -0.461 e. The molecule has 22 heavy (non-hydrogen) atoms. The first-order valence-electron chi connectivity index (χ1n) is 7.44. The average Bonchev–Trinajstić information content (AvgIpc) is 2.80. The highest BCUT2D eigenvalue weighted by Gasteiger charge is 2.26. The molecule has 0 bridgehead atoms. The van der Waals surface area contributed by atoms with E-state index in [1.807, 2.05) is 37.5 Å². The van der Waals surface area contributed by atoms with Gasteiger partial charge in [-0.15, -0.1) is 0 Å². The van der Waals surface area contributed by atoms with Crippen LogP contribution in [0.4, 0.5) is 5.69 Å². The molecule has 0 fully saturated rings. The van der Waals surface area contributed by atoms with Gasteiger partial charge in [0.15, 0.2) is 0 Å². The molecule has 2 N–H and O–H groups in total. The highest BCUT2D eigenvalue weighted by atomic mass is 16.5. The van der Waals surface area contributed by atoms with Crippen LogP contribution in [0.3, 0.4) is 0 Å². The average molecular weight is 305 g/mol. The molecule has 0 radical (unpaired) electrons. The molecule has 6 nitrogen and oxygen atoms in total. The standard InChI is InChI=1S/C16H23N3O3/c1-5-12(16(20)22-10(2)3)19-13-8-6-7-11(17)15(13)18-14(19)9-21-4/h6-8,10,12H,5,9,17H2,1-4H3. The Labute approximate surface area is 130 Å². The van der Waals surface area contributed by atoms with E-state index in [0.717, 1.165) is 5.52 Å². The van der Waals surface area contributed by atoms with Crippen molar-refractivity contribution in [2.45, 2.75) is 45.9 Å². The van der Waals surface area contributed by atoms with Crippen molar-refractivity contribution in [1.82, 2.24) is 9.55 Å². The molecule has 6 heteroatoms. The van der Waals surface area contributed by atoms with Crippen molar-refractivity contribution < 1.29 is 14.3 Å². The van der Waals surface area contributed by atoms with Gasteiger partial charge in [0.25, 0.3) is 0 Å². The van der Waals surface area contributed by atoms with Gasteiger partial charge in [0.05, 0.1) is 17.3 Å². The molecule has 0 amide bonds. The number of methoxy groups -OCH3 is 1. The van der Waals surface area contributed by atoms with Crippen molar-refractivity contribution in [3.8, 4) is 0 Å². The second-order valence-electron chi connectivity index (χ2n) is 5.46. The topological polar surface area (TPSA) is 79.4 Å². The lowest BCUT2D eigenvalue weighted by molar-refractivity contribution is -0.151. The Morgan fingerprint density at radius 2 is 2.14 bits per heavy atom. The molecule has 1 aromatic heterocycles. The van der Waals surface area contributed by atoms with Crippen LogP contribution in [-0.4, -0.2) is 28.7 Å². The van der Waals surface area contributed by atoms with E-state index in [1.54, 1.807) is 13.2 Å². The number of hydrogen-bond acceptors (Lipinski definition) is 5. The molecule has 1 atom stereocenters. The number of nitrogens with zero attached hydrogens (tertiary/aromatic N) is 2. The molecule has 0 aliphatic heterocycles. The zero-order valence-corrected chi connectivity index (χ0v) is 13.5. The van der Waals surface area contributed by atoms with Crippen LogP contribution in [0, 0.1) is 0 Å². The summed E-state index contributed by atoms with van der Waals surface area (Å²) in [6.45, 7) is 5.93. The quantitative estimate of drug-likeness (QED) is 0.655. The lowest BCUT2D eigenvalue weighted by atomic mass is 10.2. The number of fused-ring (bicyclic) bond motifs is 1. The van der Waals surface area contributed by atoms with E-state index in [0.29, 0.717) is 30.1 Å². The summed E-state index contributed by atoms with van der Waals surface area (Å²) in [5.74, 6) is 0.402. The number of anilines is 1. The van der Waals surface area contributed by atoms with Crippen molar-refractivity contribution >= 4 is 22.7 Å². The lowest BCUT2D eigenvalue weighted by Gasteiger charge is -2.20. The number of nitrogen functional groups attached to an aromatic ring is 1. The summed E-state index contributed by atoms with van der Waals surface area (Å²) in [4.78, 5) is 17.0. The van der Waals surface area contributed by atoms with E-state index < -0.39 is 6.04 Å². The van der Waals surface area contributed by atoms with Gasteiger partial charge in [-0.2, -0.15) is 0 Å². The molecule has 1 aromatic carbocycles. The van der Waals surface area contributed by atoms with Gasteiger partial charge in [0.1, 0.15) is 24.0 Å². The molecule has 0 spiro atoms. The molecular weight excluding hydrogens is 282 g/mol. The van der Waals surface area contributed by atoms with E-state index in [9.17, 15) is 4.79 Å². The van der Waals surface area contributed by atoms with Crippen LogP contribution >= 0.6 is 0 Å². The van der Waals surface area contributed by atoms with Gasteiger partial charge in [0.2, 0.25) is 0 Å². The first-order valence-corrected chi connectivity index (χ1v) is 7.44. The second kappa shape index (κ2) is 6.79. The molecule has 1 heterocycles. The Kier molecular flexibility index (Phi) is 5.03. The third kappa shape index (κ3) is 3.06. The van der Waals surface area contributed by atoms with E-state index in [2.05, 4.69) is 4.98 Å². The number of imidazole rings is 1. The van der Waals surface area contributed by atoms with Gasteiger partial charge >= 0.3 is 5.97 Å². The summed E-state index contributed by atoms with van der Waals surface area (Å²) in [6.07, 6.45) is 0.440. The third-order valence-electron chi connectivity index (χ3n) is 3.42. The zero-order chi connectivity index (χ0) is 16.3. The molecule has 1 unspecified atom stereocenters. The lowest BCUT2D eigenvalue weighted by Crippen LogP contribution is -2.25. The fraction of sp³-hybridized carbons (Fsp3) is 0.500. The number of benzene rings is 1. The normalized spacial score (nSPS) is 12.8. The van der Waals surface area contributed by atoms with Crippen molar-refractivity contribution in [2.75, 3.05) is 12.8 Å². The maximum atomic E-state index is 12.4. The SMILES string of the molecule is CCC(C(=O)OC(C)C)n1c(COC)nc2c(N)cccc21. The van der Waals surface area contributed by atoms with Crippen LogP contribution in [0.1, 0.15) is 39.1 Å². The van der Waals surface area contributed by atoms with Crippen molar-refractivity contribution in [2.24, 2.45) is 0 Å². The van der Waals surface area contributed by atoms with Crippen LogP contribution in [0.15, 0.2) is 18.2 Å². The fourth-order valence-electron chi connectivity index (χ4n) is 2.53. The number of ether oxygens (including phenoxy) is 2. The Morgan fingerprint density at radius 1 is 1.41 bits per heavy atom.